The molecule has 2 aromatic heterocycles. The summed E-state index contributed by atoms with van der Waals surface area (Å²) >= 11 is 0. The first kappa shape index (κ1) is 118. The zero-order valence-electron chi connectivity index (χ0n) is 87.4. The number of aromatic nitrogens is 6. The van der Waals surface area contributed by atoms with Crippen LogP contribution >= 0.6 is 0 Å². The third-order valence-corrected chi connectivity index (χ3v) is 30.8. The summed E-state index contributed by atoms with van der Waals surface area (Å²) in [6, 6.07) is 17.2. The number of aliphatic hydroxyl groups excluding tert-OH is 6. The summed E-state index contributed by atoms with van der Waals surface area (Å²) in [5.74, 6) is -5.45. The van der Waals surface area contributed by atoms with Crippen molar-refractivity contribution in [2.24, 2.45) is 35.5 Å². The van der Waals surface area contributed by atoms with Crippen molar-refractivity contribution in [1.29, 1.82) is 0 Å². The number of methoxy groups -OCH3 is 2. The van der Waals surface area contributed by atoms with Crippen LogP contribution in [0.4, 0.5) is 5.69 Å². The van der Waals surface area contributed by atoms with E-state index in [4.69, 9.17) is 62.6 Å². The number of carbonyl (C=O) groups is 2. The number of aryl methyl sites for hydroxylation is 4. The van der Waals surface area contributed by atoms with E-state index in [1.807, 2.05) is 126 Å². The van der Waals surface area contributed by atoms with Crippen LogP contribution in [0.5, 0.6) is 0 Å². The Kier molecular flexibility index (Phi) is 43.7. The van der Waals surface area contributed by atoms with E-state index < -0.39 is 192 Å². The molecule has 0 unspecified atom stereocenters. The van der Waals surface area contributed by atoms with Gasteiger partial charge in [0.1, 0.15) is 60.0 Å². The third kappa shape index (κ3) is 30.3. The zero-order chi connectivity index (χ0) is 101. The molecule has 6 fully saturated rings. The van der Waals surface area contributed by atoms with Gasteiger partial charge in [0.25, 0.3) is 0 Å². The normalized spacial score (nSPS) is 39.9. The van der Waals surface area contributed by atoms with Crippen LogP contribution in [-0.4, -0.2) is 362 Å². The molecule has 139 heavy (non-hydrogen) atoms. The second-order valence-electron chi connectivity index (χ2n) is 42.9. The topological polar surface area (TPSA) is 448 Å². The largest absolute Gasteiger partial charge is 0.459 e. The molecule has 37 heteroatoms. The number of anilines is 1. The maximum atomic E-state index is 14.5. The molecule has 0 spiro atoms. The van der Waals surface area contributed by atoms with Gasteiger partial charge in [-0.05, 0) is 225 Å². The van der Waals surface area contributed by atoms with E-state index >= 15 is 0 Å². The van der Waals surface area contributed by atoms with Gasteiger partial charge in [0, 0.05) is 133 Å². The second-order valence-corrected chi connectivity index (χ2v) is 42.9. The average Bonchev–Trinajstić information content (AvgIpc) is 1.68. The molecule has 0 saturated carbocycles. The summed E-state index contributed by atoms with van der Waals surface area (Å²) in [6.07, 6.45) is -6.53. The van der Waals surface area contributed by atoms with Gasteiger partial charge in [0.2, 0.25) is 0 Å². The van der Waals surface area contributed by atoms with E-state index in [1.165, 1.54) is 39.2 Å². The molecule has 12 N–H and O–H groups in total. The van der Waals surface area contributed by atoms with Crippen LogP contribution < -0.4 is 5.73 Å². The van der Waals surface area contributed by atoms with Gasteiger partial charge >= 0.3 is 11.9 Å². The van der Waals surface area contributed by atoms with Crippen molar-refractivity contribution in [3.63, 3.8) is 0 Å². The van der Waals surface area contributed by atoms with E-state index in [-0.39, 0.29) is 74.7 Å². The van der Waals surface area contributed by atoms with Crippen molar-refractivity contribution in [1.82, 2.24) is 49.6 Å². The van der Waals surface area contributed by atoms with Crippen LogP contribution in [-0.2, 0) is 105 Å². The van der Waals surface area contributed by atoms with Crippen LogP contribution in [0.1, 0.15) is 238 Å². The van der Waals surface area contributed by atoms with Crippen molar-refractivity contribution in [3.8, 4) is 0 Å². The number of nitrogen functional groups attached to an aromatic ring is 1. The Hall–Kier alpha value is -7.50. The van der Waals surface area contributed by atoms with E-state index in [2.05, 4.69) is 60.8 Å². The minimum atomic E-state index is -1.83. The summed E-state index contributed by atoms with van der Waals surface area (Å²) in [6.45, 7) is 38.8. The van der Waals surface area contributed by atoms with E-state index in [0.29, 0.717) is 51.9 Å². The molecule has 35 nitrogen and oxygen atoms in total. The van der Waals surface area contributed by atoms with Gasteiger partial charge in [0.05, 0.1) is 94.5 Å². The Labute approximate surface area is 815 Å². The maximum absolute atomic E-state index is 14.5. The van der Waals surface area contributed by atoms with E-state index in [9.17, 15) is 60.7 Å². The Morgan fingerprint density at radius 2 is 0.856 bits per heavy atom. The van der Waals surface area contributed by atoms with E-state index in [1.54, 1.807) is 83.1 Å². The molecule has 0 aliphatic carbocycles. The fourth-order valence-corrected chi connectivity index (χ4v) is 21.8. The van der Waals surface area contributed by atoms with Crippen LogP contribution in [0.3, 0.4) is 0 Å². The molecule has 0 bridgehead atoms. The molecule has 8 heterocycles. The van der Waals surface area contributed by atoms with Crippen molar-refractivity contribution in [2.45, 2.75) is 435 Å². The monoisotopic (exact) mass is 2460 g/mol. The molecular weight excluding hydrogens is 2280 g/mol. The first-order chi connectivity index (χ1) is 64.2. The maximum Gasteiger partial charge on any atom is 0.311 e. The molecule has 810 valence electrons. The number of likely N-dealkylation sites (N-methyl/N-ethyl adjacent to an activating group) is 4. The Morgan fingerprint density at radius 3 is 1.21 bits per heavy atom. The molecule has 6 aliphatic rings. The van der Waals surface area contributed by atoms with Gasteiger partial charge in [-0.25, -0.2) is 0 Å². The van der Waals surface area contributed by atoms with Crippen molar-refractivity contribution < 1.29 is 117 Å². The van der Waals surface area contributed by atoms with E-state index in [0.717, 1.165) is 68.7 Å². The molecule has 0 amide bonds. The number of aliphatic hydroxyl groups is 10. The van der Waals surface area contributed by atoms with Gasteiger partial charge in [0.15, 0.2) is 25.2 Å². The molecule has 10 rings (SSSR count). The molecule has 6 saturated heterocycles. The molecule has 4 aromatic rings. The zero-order valence-corrected chi connectivity index (χ0v) is 91.9. The number of hydrogen-bond acceptors (Lipinski definition) is 33. The molecule has 0 radical (unpaired) electrons. The van der Waals surface area contributed by atoms with Gasteiger partial charge in [-0.1, -0.05) is 70.5 Å². The molecule has 36 atom stereocenters. The number of rotatable bonds is 30. The number of cyclic esters (lactones) is 2. The summed E-state index contributed by atoms with van der Waals surface area (Å²) in [7, 11) is 10.6. The number of carbonyl (C=O) groups excluding carboxylic acids is 2. The Balaban J connectivity index is 0.000000373. The van der Waals surface area contributed by atoms with Crippen molar-refractivity contribution in [3.05, 3.63) is 89.5 Å². The van der Waals surface area contributed by atoms with Gasteiger partial charge in [-0.2, -0.15) is 35.9 Å². The fraction of sp³-hybridized carbons (Fsp3) is 0.824. The third-order valence-electron chi connectivity index (χ3n) is 30.8. The van der Waals surface area contributed by atoms with Gasteiger partial charge in [-0.3, -0.25) is 19.0 Å². The summed E-state index contributed by atoms with van der Waals surface area (Å²) < 4.78 is 80.4. The number of nitrogens with two attached hydrogens (primary N) is 1. The van der Waals surface area contributed by atoms with Crippen LogP contribution in [0.25, 0.3) is 0 Å². The second kappa shape index (κ2) is 51.3. The first-order valence-corrected chi connectivity index (χ1v) is 50.3. The van der Waals surface area contributed by atoms with Gasteiger partial charge < -0.3 is 133 Å². The minimum absolute atomic E-state index is 0. The SMILES string of the molecule is CC[C@H]1OC(=O)[C@H](C)[C@@H](O[C@H]2C[C@@](C)(OC)[C@@H](O)[C@H](C)O2)[C@H](C)[C@@H](O[C@@H]2O[C@H](C)C[C@H](N(C)CCc3cn(CCCCc4cc[c-]cc4)nn3)[C@H]2O)[C@](C)(O)C[C@@H](C)CN(C)[C@H](C)[C@@H](O)[C@]1(C)O.CC[C@H]1OC(=O)[C@H](C)[C@@H](O[C@H]2C[C@@](C)(OC)[C@@H](O)[C@H](C)O2)[C@H](C)[C@@H](O[C@@H]2O[C@H](C)C[C@H](N(C)CCc3cn(CCCCc4ccc(N)cc4)nn3)[C@H]2O)[C@](C)(O)C[C@@H](C)CN(C)[C@H](C)[C@@H](O)[C@]1(C)O.[No].[No]. The van der Waals surface area contributed by atoms with Crippen molar-refractivity contribution in [2.75, 3.05) is 74.3 Å². The van der Waals surface area contributed by atoms with Gasteiger partial charge in [-0.15, -0.1) is 10.2 Å². The Morgan fingerprint density at radius 1 is 0.496 bits per heavy atom. The smallest absolute Gasteiger partial charge is 0.311 e. The standard InChI is InChI=1S/C51H88N6O12.C51H86N5O12.2No/c1-14-40-51(10,63)44(59)34(6)56(12)28-30(2)26-49(8,62)46(32(4)43(33(5)47(61)67-40)68-41-27-50(9,64-13)45(60)35(7)66-41)69-48-42(58)39(25-31(3)65-48)55(11)24-22-38-29-57(54-53-38)23-16-15-17-36-18-20-37(52)21-19-36;1-14-40-51(10,62)44(58)35(6)55(12)29-31(2)27-49(8,61)46(33(4)43(34(5)47(60)66-40)67-41-28-50(9,63-13)45(59)36(7)65-41)68-48-42(57)39(26-32(3)64-48)54(11)25-23-38-30-56(53-52-38)24-19-18-22-37-20-16-15-17-21-37;;/h18-21,29-35,39-46,48,58-60,62-63H,14-17,22-28,52H2,1-13H3;16-17,20-21,30-36,39-46,48,57-59,61-62H,14,18-19,22-29H2,1-13H3;;/q;-1;;/t30-,31-,32+,33-,34-,35+,39+,40-,41+,42-,43+,44-,45+,46-,48+,49-,50-,51-;31-,32-,33+,34-,35-,36+,39+,40-,41+,42-,43+,44-,45+,46-,48+,49-,50-,51-;;/m11../s1. The first-order valence-electron chi connectivity index (χ1n) is 50.3. The number of nitrogens with zero attached hydrogens (tertiary/aromatic N) is 10. The van der Waals surface area contributed by atoms with Crippen LogP contribution in [0.15, 0.2) is 60.9 Å². The van der Waals surface area contributed by atoms with Crippen LogP contribution in [0.2, 0.25) is 0 Å². The predicted molar refractivity (Wildman–Crippen MR) is 516 cm³/mol. The predicted octanol–water partition coefficient (Wildman–Crippen LogP) is 7.64. The summed E-state index contributed by atoms with van der Waals surface area (Å²) in [5, 5.41) is 137. The summed E-state index contributed by atoms with van der Waals surface area (Å²) in [4.78, 5) is 37.0. The molecule has 6 aliphatic heterocycles. The van der Waals surface area contributed by atoms with Crippen molar-refractivity contribution >= 4 is 17.6 Å². The molecular formula is C102H174N11No2O24-. The minimum Gasteiger partial charge on any atom is -0.459 e. The number of hydrogen-bond donors (Lipinski definition) is 11. The average molecular weight is 2460 g/mol. The fourth-order valence-electron chi connectivity index (χ4n) is 21.8. The van der Waals surface area contributed by atoms with Crippen LogP contribution in [0, 0.1) is 41.6 Å². The number of ether oxygens (including phenoxy) is 12. The number of unbranched alkanes of at least 4 members (excludes halogenated alkanes) is 2. The summed E-state index contributed by atoms with van der Waals surface area (Å²) in [5.41, 5.74) is 1.85. The quantitative estimate of drug-likeness (QED) is 0.0103. The number of benzene rings is 2. The molecule has 2 aromatic carbocycles. The number of esters is 2. The Bertz CT molecular complexity index is 4270.